The first kappa shape index (κ1) is 48.8. The van der Waals surface area contributed by atoms with E-state index in [1.165, 1.54) is 116 Å². The number of halogens is 2. The number of hydrogen-bond donors (Lipinski definition) is 0. The van der Waals surface area contributed by atoms with Crippen LogP contribution in [0.15, 0.2) is 109 Å². The van der Waals surface area contributed by atoms with Gasteiger partial charge in [-0.2, -0.15) is 12.1 Å². The van der Waals surface area contributed by atoms with Crippen molar-refractivity contribution in [3.8, 4) is 22.3 Å². The Kier molecular flexibility index (Phi) is 20.6. The van der Waals surface area contributed by atoms with Crippen LogP contribution in [0.4, 0.5) is 0 Å². The summed E-state index contributed by atoms with van der Waals surface area (Å²) in [6, 6.07) is 41.2. The van der Waals surface area contributed by atoms with Gasteiger partial charge in [0.05, 0.1) is 0 Å². The van der Waals surface area contributed by atoms with Crippen LogP contribution in [0.1, 0.15) is 115 Å². The van der Waals surface area contributed by atoms with Crippen molar-refractivity contribution in [3.05, 3.63) is 146 Å². The van der Waals surface area contributed by atoms with Crippen molar-refractivity contribution in [1.82, 2.24) is 0 Å². The van der Waals surface area contributed by atoms with Crippen molar-refractivity contribution in [2.75, 3.05) is 0 Å². The van der Waals surface area contributed by atoms with Crippen molar-refractivity contribution in [1.29, 1.82) is 0 Å². The topological polar surface area (TPSA) is 0 Å². The number of benzene rings is 4. The zero-order valence-corrected chi connectivity index (χ0v) is 38.8. The van der Waals surface area contributed by atoms with Gasteiger partial charge < -0.3 is 14.9 Å². The van der Waals surface area contributed by atoms with Gasteiger partial charge in [-0.25, -0.2) is 0 Å². The van der Waals surface area contributed by atoms with Crippen LogP contribution in [-0.2, 0) is 35.2 Å². The Morgan fingerprint density at radius 3 is 1.68 bits per heavy atom. The zero-order chi connectivity index (χ0) is 35.1. The van der Waals surface area contributed by atoms with Crippen LogP contribution >= 0.6 is 24.8 Å². The Morgan fingerprint density at radius 1 is 0.698 bits per heavy atom. The molecule has 0 spiro atoms. The van der Waals surface area contributed by atoms with Gasteiger partial charge >= 0.3 is 30.2 Å². The first-order chi connectivity index (χ1) is 23.6. The molecule has 0 nitrogen and oxygen atoms in total. The molecule has 1 unspecified atom stereocenters. The number of aryl methyl sites for hydroxylation is 1. The zero-order valence-electron chi connectivity index (χ0n) is 33.7. The molecule has 0 aromatic heterocycles. The predicted octanol–water partition coefficient (Wildman–Crippen LogP) is 15.5. The molecule has 0 saturated heterocycles. The van der Waals surface area contributed by atoms with Gasteiger partial charge in [-0.1, -0.05) is 133 Å². The SMILES string of the molecule is CC1CCC(c2cc3c(-c4ccc(C(C)(C)C)cc4)cccc3[cH-]2)CC1.CCc1cc2c(-c3ccc(C(C)CC)cc3)cccc2[cH-]1.Cl.Cl.[CH3-].[CH3-].[Si]=[Zr]. The summed E-state index contributed by atoms with van der Waals surface area (Å²) in [5, 5.41) is 5.56. The second-order valence-corrected chi connectivity index (χ2v) is 15.3. The first-order valence-electron chi connectivity index (χ1n) is 18.5. The average molecular weight is 841 g/mol. The molecule has 1 fully saturated rings. The second-order valence-electron chi connectivity index (χ2n) is 15.3. The maximum absolute atomic E-state index is 3.06. The van der Waals surface area contributed by atoms with E-state index in [1.54, 1.807) is 5.56 Å². The van der Waals surface area contributed by atoms with Crippen molar-refractivity contribution in [2.45, 2.75) is 104 Å². The Morgan fingerprint density at radius 2 is 1.19 bits per heavy atom. The molecule has 1 saturated carbocycles. The molecule has 284 valence electrons. The molecule has 1 atom stereocenters. The van der Waals surface area contributed by atoms with E-state index in [1.807, 2.05) is 0 Å². The van der Waals surface area contributed by atoms with Crippen LogP contribution < -0.4 is 0 Å². The minimum atomic E-state index is 0. The van der Waals surface area contributed by atoms with Crippen LogP contribution in [0.5, 0.6) is 0 Å². The molecular weight excluding hydrogens is 779 g/mol. The maximum atomic E-state index is 3.06. The molecular formula is C49H62Cl2SiZr-4. The fourth-order valence-electron chi connectivity index (χ4n) is 7.47. The fourth-order valence-corrected chi connectivity index (χ4v) is 7.47. The number of hydrogen-bond acceptors (Lipinski definition) is 0. The van der Waals surface area contributed by atoms with Crippen molar-refractivity contribution in [2.24, 2.45) is 5.92 Å². The molecule has 53 heavy (non-hydrogen) atoms. The van der Waals surface area contributed by atoms with Gasteiger partial charge in [0, 0.05) is 0 Å². The van der Waals surface area contributed by atoms with Gasteiger partial charge in [0.15, 0.2) is 0 Å². The molecule has 0 N–H and O–H groups in total. The van der Waals surface area contributed by atoms with Crippen molar-refractivity contribution < 1.29 is 23.3 Å². The third kappa shape index (κ3) is 11.9. The van der Waals surface area contributed by atoms with Gasteiger partial charge in [0.1, 0.15) is 0 Å². The first-order valence-corrected chi connectivity index (χ1v) is 22.7. The van der Waals surface area contributed by atoms with Crippen LogP contribution in [0, 0.1) is 20.8 Å². The Hall–Kier alpha value is -2.22. The Bertz CT molecular complexity index is 1930. The summed E-state index contributed by atoms with van der Waals surface area (Å²) < 4.78 is 0. The van der Waals surface area contributed by atoms with Crippen LogP contribution in [0.3, 0.4) is 0 Å². The third-order valence-electron chi connectivity index (χ3n) is 10.9. The van der Waals surface area contributed by atoms with Gasteiger partial charge in [-0.05, 0) is 71.1 Å². The van der Waals surface area contributed by atoms with E-state index in [0.29, 0.717) is 5.92 Å². The van der Waals surface area contributed by atoms with Gasteiger partial charge in [0.2, 0.25) is 0 Å². The molecule has 2 radical (unpaired) electrons. The summed E-state index contributed by atoms with van der Waals surface area (Å²) in [5.74, 6) is 2.31. The molecule has 1 aliphatic rings. The second kappa shape index (κ2) is 22.4. The quantitative estimate of drug-likeness (QED) is 0.116. The summed E-state index contributed by atoms with van der Waals surface area (Å²) in [6.07, 6.45) is 7.76. The van der Waals surface area contributed by atoms with E-state index in [4.69, 9.17) is 0 Å². The van der Waals surface area contributed by atoms with E-state index in [2.05, 4.69) is 165 Å². The van der Waals surface area contributed by atoms with E-state index >= 15 is 0 Å². The summed E-state index contributed by atoms with van der Waals surface area (Å²) >= 11 is 1.36. The van der Waals surface area contributed by atoms with Crippen LogP contribution in [0.2, 0.25) is 0 Å². The number of fused-ring (bicyclic) bond motifs is 2. The normalized spacial score (nSPS) is 15.5. The molecule has 1 aliphatic carbocycles. The molecule has 0 heterocycles. The molecule has 4 heteroatoms. The Balaban J connectivity index is 0.000000480. The standard InChI is InChI=1S/C26H31.C21H23.2CH3.2ClH.Si.Zr/c1-18-8-10-19(11-9-18)22-16-21-6-5-7-24(25(21)17-22)20-12-14-23(15-13-20)26(2,3)4;1-4-15(3)17-9-11-18(12-10-17)20-8-6-7-19-13-16(5-2)14-21(19)20;;;;;;/h5-7,12-19H,8-11H2,1-4H3;6-15H,4-5H2,1-3H3;2*1H3;2*1H;;/q4*-1;;;;. The molecule has 6 aromatic rings. The summed E-state index contributed by atoms with van der Waals surface area (Å²) in [4.78, 5) is 0. The summed E-state index contributed by atoms with van der Waals surface area (Å²) in [7, 11) is 0. The van der Waals surface area contributed by atoms with E-state index in [9.17, 15) is 0 Å². The van der Waals surface area contributed by atoms with E-state index in [-0.39, 0.29) is 45.1 Å². The Labute approximate surface area is 352 Å². The van der Waals surface area contributed by atoms with Gasteiger partial charge in [-0.3, -0.25) is 0 Å². The van der Waals surface area contributed by atoms with Crippen molar-refractivity contribution in [3.63, 3.8) is 0 Å². The van der Waals surface area contributed by atoms with Crippen LogP contribution in [-0.4, -0.2) is 6.88 Å². The summed E-state index contributed by atoms with van der Waals surface area (Å²) in [5.41, 5.74) is 11.4. The average Bonchev–Trinajstić information content (AvgIpc) is 3.77. The third-order valence-corrected chi connectivity index (χ3v) is 10.9. The fraction of sp³-hybridized carbons (Fsp3) is 0.347. The van der Waals surface area contributed by atoms with Crippen LogP contribution in [0.25, 0.3) is 43.8 Å². The molecule has 7 rings (SSSR count). The van der Waals surface area contributed by atoms with Gasteiger partial charge in [0.25, 0.3) is 0 Å². The van der Waals surface area contributed by atoms with E-state index < -0.39 is 0 Å². The van der Waals surface area contributed by atoms with E-state index in [0.717, 1.165) is 18.3 Å². The predicted molar refractivity (Wildman–Crippen MR) is 240 cm³/mol. The number of rotatable bonds is 6. The van der Waals surface area contributed by atoms with Crippen molar-refractivity contribution >= 4 is 53.2 Å². The molecule has 6 aromatic carbocycles. The molecule has 0 aliphatic heterocycles. The minimum absolute atomic E-state index is 0. The molecule has 0 bridgehead atoms. The van der Waals surface area contributed by atoms with Gasteiger partial charge in [-0.15, -0.1) is 93.9 Å². The monoisotopic (exact) mass is 838 g/mol. The summed E-state index contributed by atoms with van der Waals surface area (Å²) in [6.45, 7) is 19.0. The molecule has 0 amide bonds.